The summed E-state index contributed by atoms with van der Waals surface area (Å²) >= 11 is 0. The predicted octanol–water partition coefficient (Wildman–Crippen LogP) is 1.94. The molecule has 0 rings (SSSR count). The van der Waals surface area contributed by atoms with E-state index in [1.807, 2.05) is 13.8 Å². The highest BCUT2D eigenvalue weighted by Crippen LogP contribution is 2.08. The van der Waals surface area contributed by atoms with Crippen molar-refractivity contribution in [3.8, 4) is 0 Å². The molecule has 0 spiro atoms. The lowest BCUT2D eigenvalue weighted by Crippen LogP contribution is -2.14. The lowest BCUT2D eigenvalue weighted by atomic mass is 10.1. The number of hydrogen-bond acceptors (Lipinski definition) is 4. The van der Waals surface area contributed by atoms with Gasteiger partial charge in [0.1, 0.15) is 0 Å². The molecule has 0 heterocycles. The van der Waals surface area contributed by atoms with Crippen molar-refractivity contribution in [3.05, 3.63) is 11.1 Å². The highest BCUT2D eigenvalue weighted by Gasteiger charge is 2.11. The summed E-state index contributed by atoms with van der Waals surface area (Å²) in [5, 5.41) is 0. The Labute approximate surface area is 97.6 Å². The van der Waals surface area contributed by atoms with E-state index in [0.717, 1.165) is 5.57 Å². The Morgan fingerprint density at radius 3 is 1.81 bits per heavy atom. The van der Waals surface area contributed by atoms with Crippen LogP contribution in [0.2, 0.25) is 0 Å². The van der Waals surface area contributed by atoms with Crippen LogP contribution in [0.15, 0.2) is 11.1 Å². The minimum atomic E-state index is -0.295. The van der Waals surface area contributed by atoms with E-state index in [-0.39, 0.29) is 5.97 Å². The zero-order chi connectivity index (χ0) is 12.4. The monoisotopic (exact) mass is 230 g/mol. The van der Waals surface area contributed by atoms with E-state index in [9.17, 15) is 4.79 Å². The van der Waals surface area contributed by atoms with Gasteiger partial charge < -0.3 is 14.2 Å². The van der Waals surface area contributed by atoms with Crippen molar-refractivity contribution in [2.75, 3.05) is 33.0 Å². The minimum absolute atomic E-state index is 0.295. The van der Waals surface area contributed by atoms with E-state index in [1.54, 1.807) is 13.8 Å². The zero-order valence-electron chi connectivity index (χ0n) is 10.7. The van der Waals surface area contributed by atoms with Gasteiger partial charge in [-0.2, -0.15) is 0 Å². The van der Waals surface area contributed by atoms with Gasteiger partial charge in [-0.15, -0.1) is 0 Å². The molecule has 0 fully saturated rings. The van der Waals surface area contributed by atoms with Crippen LogP contribution in [-0.4, -0.2) is 39.0 Å². The van der Waals surface area contributed by atoms with Gasteiger partial charge in [0, 0.05) is 18.8 Å². The van der Waals surface area contributed by atoms with Crippen LogP contribution in [0.5, 0.6) is 0 Å². The number of hydrogen-bond donors (Lipinski definition) is 0. The first-order chi connectivity index (χ1) is 7.67. The Balaban J connectivity index is 4.52. The van der Waals surface area contributed by atoms with Gasteiger partial charge in [-0.1, -0.05) is 0 Å². The maximum absolute atomic E-state index is 11.5. The summed E-state index contributed by atoms with van der Waals surface area (Å²) < 4.78 is 15.5. The molecular formula is C12H22O4. The molecule has 16 heavy (non-hydrogen) atoms. The number of carbonyl (C=O) groups is 1. The van der Waals surface area contributed by atoms with E-state index in [2.05, 4.69) is 0 Å². The SMILES string of the molecule is CCOCC(COCC)=C(C)C(=O)OCC. The third-order valence-corrected chi connectivity index (χ3v) is 2.07. The molecule has 4 nitrogen and oxygen atoms in total. The summed E-state index contributed by atoms with van der Waals surface area (Å²) in [5.74, 6) is -0.295. The zero-order valence-corrected chi connectivity index (χ0v) is 10.7. The Morgan fingerprint density at radius 2 is 1.44 bits per heavy atom. The smallest absolute Gasteiger partial charge is 0.333 e. The molecule has 0 saturated carbocycles. The van der Waals surface area contributed by atoms with E-state index >= 15 is 0 Å². The van der Waals surface area contributed by atoms with Crippen molar-refractivity contribution in [3.63, 3.8) is 0 Å². The molecule has 0 amide bonds. The maximum atomic E-state index is 11.5. The Kier molecular flexibility index (Phi) is 8.85. The standard InChI is InChI=1S/C12H22O4/c1-5-14-8-11(9-15-6-2)10(4)12(13)16-7-3/h5-9H2,1-4H3. The topological polar surface area (TPSA) is 44.8 Å². The second kappa shape index (κ2) is 9.36. The molecule has 0 unspecified atom stereocenters. The highest BCUT2D eigenvalue weighted by atomic mass is 16.5. The molecule has 0 saturated heterocycles. The number of ether oxygens (including phenoxy) is 3. The molecule has 0 aliphatic carbocycles. The molecule has 0 atom stereocenters. The van der Waals surface area contributed by atoms with Gasteiger partial charge in [-0.05, 0) is 33.3 Å². The van der Waals surface area contributed by atoms with Crippen molar-refractivity contribution in [1.82, 2.24) is 0 Å². The Morgan fingerprint density at radius 1 is 0.938 bits per heavy atom. The maximum Gasteiger partial charge on any atom is 0.333 e. The van der Waals surface area contributed by atoms with Crippen molar-refractivity contribution < 1.29 is 19.0 Å². The Bertz CT molecular complexity index is 223. The van der Waals surface area contributed by atoms with Crippen molar-refractivity contribution in [2.45, 2.75) is 27.7 Å². The highest BCUT2D eigenvalue weighted by molar-refractivity contribution is 5.88. The fraction of sp³-hybridized carbons (Fsp3) is 0.750. The quantitative estimate of drug-likeness (QED) is 0.472. The lowest BCUT2D eigenvalue weighted by Gasteiger charge is -2.11. The third-order valence-electron chi connectivity index (χ3n) is 2.07. The molecule has 4 heteroatoms. The van der Waals surface area contributed by atoms with E-state index in [4.69, 9.17) is 14.2 Å². The Hall–Kier alpha value is -0.870. The number of carbonyl (C=O) groups excluding carboxylic acids is 1. The fourth-order valence-corrected chi connectivity index (χ4v) is 1.09. The first-order valence-electron chi connectivity index (χ1n) is 5.68. The second-order valence-corrected chi connectivity index (χ2v) is 3.22. The molecule has 0 aliphatic rings. The molecule has 0 bridgehead atoms. The van der Waals surface area contributed by atoms with E-state index in [0.29, 0.717) is 38.6 Å². The van der Waals surface area contributed by atoms with Crippen molar-refractivity contribution >= 4 is 5.97 Å². The van der Waals surface area contributed by atoms with Gasteiger partial charge in [0.05, 0.1) is 19.8 Å². The van der Waals surface area contributed by atoms with Gasteiger partial charge in [0.25, 0.3) is 0 Å². The van der Waals surface area contributed by atoms with Crippen LogP contribution in [0.3, 0.4) is 0 Å². The average molecular weight is 230 g/mol. The second-order valence-electron chi connectivity index (χ2n) is 3.22. The molecule has 0 aromatic heterocycles. The van der Waals surface area contributed by atoms with Crippen LogP contribution in [0, 0.1) is 0 Å². The summed E-state index contributed by atoms with van der Waals surface area (Å²) in [4.78, 5) is 11.5. The summed E-state index contributed by atoms with van der Waals surface area (Å²) in [5.41, 5.74) is 1.44. The summed E-state index contributed by atoms with van der Waals surface area (Å²) in [6, 6.07) is 0. The molecule has 0 aromatic carbocycles. The lowest BCUT2D eigenvalue weighted by molar-refractivity contribution is -0.138. The van der Waals surface area contributed by atoms with E-state index in [1.165, 1.54) is 0 Å². The largest absolute Gasteiger partial charge is 0.463 e. The number of rotatable bonds is 8. The number of esters is 1. The van der Waals surface area contributed by atoms with Crippen LogP contribution in [0.25, 0.3) is 0 Å². The van der Waals surface area contributed by atoms with Gasteiger partial charge in [-0.3, -0.25) is 0 Å². The van der Waals surface area contributed by atoms with E-state index < -0.39 is 0 Å². The van der Waals surface area contributed by atoms with Crippen LogP contribution >= 0.6 is 0 Å². The molecule has 0 radical (unpaired) electrons. The van der Waals surface area contributed by atoms with Crippen molar-refractivity contribution in [2.24, 2.45) is 0 Å². The predicted molar refractivity (Wildman–Crippen MR) is 62.3 cm³/mol. The third kappa shape index (κ3) is 5.88. The molecule has 0 aromatic rings. The fourth-order valence-electron chi connectivity index (χ4n) is 1.09. The molecule has 0 N–H and O–H groups in total. The first kappa shape index (κ1) is 15.1. The van der Waals surface area contributed by atoms with Gasteiger partial charge >= 0.3 is 5.97 Å². The normalized spacial score (nSPS) is 10.0. The van der Waals surface area contributed by atoms with Gasteiger partial charge in [0.15, 0.2) is 0 Å². The summed E-state index contributed by atoms with van der Waals surface area (Å²) in [6.07, 6.45) is 0. The minimum Gasteiger partial charge on any atom is -0.463 e. The molecule has 0 aliphatic heterocycles. The van der Waals surface area contributed by atoms with Gasteiger partial charge in [-0.25, -0.2) is 4.79 Å². The van der Waals surface area contributed by atoms with Crippen LogP contribution in [0.1, 0.15) is 27.7 Å². The first-order valence-corrected chi connectivity index (χ1v) is 5.68. The van der Waals surface area contributed by atoms with Crippen LogP contribution in [-0.2, 0) is 19.0 Å². The van der Waals surface area contributed by atoms with Crippen molar-refractivity contribution in [1.29, 1.82) is 0 Å². The van der Waals surface area contributed by atoms with Gasteiger partial charge in [0.2, 0.25) is 0 Å². The summed E-state index contributed by atoms with van der Waals surface area (Å²) in [6.45, 7) is 9.81. The van der Waals surface area contributed by atoms with Crippen LogP contribution in [0.4, 0.5) is 0 Å². The molecular weight excluding hydrogens is 208 g/mol. The molecule has 94 valence electrons. The average Bonchev–Trinajstić information content (AvgIpc) is 2.29. The van der Waals surface area contributed by atoms with Crippen LogP contribution < -0.4 is 0 Å². The summed E-state index contributed by atoms with van der Waals surface area (Å²) in [7, 11) is 0.